The molecule has 1 rings (SSSR count). The molecule has 1 atom stereocenters. The van der Waals surface area contributed by atoms with E-state index < -0.39 is 22.8 Å². The van der Waals surface area contributed by atoms with Gasteiger partial charge in [0.25, 0.3) is 0 Å². The van der Waals surface area contributed by atoms with Crippen molar-refractivity contribution < 1.29 is 13.6 Å². The number of benzene rings is 1. The van der Waals surface area contributed by atoms with Crippen LogP contribution in [0.4, 0.5) is 8.78 Å². The first-order valence-electron chi connectivity index (χ1n) is 4.36. The van der Waals surface area contributed by atoms with Gasteiger partial charge in [0.05, 0.1) is 5.25 Å². The fourth-order valence-electron chi connectivity index (χ4n) is 0.957. The molecule has 1 amide bonds. The van der Waals surface area contributed by atoms with Crippen molar-refractivity contribution in [2.24, 2.45) is 5.73 Å². The van der Waals surface area contributed by atoms with Crippen LogP contribution in [-0.2, 0) is 10.5 Å². The number of rotatable bonds is 4. The summed E-state index contributed by atoms with van der Waals surface area (Å²) in [6.07, 6.45) is 0. The molecule has 1 unspecified atom stereocenters. The highest BCUT2D eigenvalue weighted by Gasteiger charge is 2.12. The number of hydrogen-bond acceptors (Lipinski definition) is 2. The van der Waals surface area contributed by atoms with Gasteiger partial charge in [0, 0.05) is 11.3 Å². The van der Waals surface area contributed by atoms with Gasteiger partial charge in [-0.15, -0.1) is 11.8 Å². The van der Waals surface area contributed by atoms with Crippen molar-refractivity contribution >= 4 is 17.7 Å². The minimum absolute atomic E-state index is 0.230. The Labute approximate surface area is 90.8 Å². The van der Waals surface area contributed by atoms with E-state index in [0.717, 1.165) is 6.07 Å². The third kappa shape index (κ3) is 3.20. The van der Waals surface area contributed by atoms with Gasteiger partial charge in [0.2, 0.25) is 5.91 Å². The average molecular weight is 231 g/mol. The maximum Gasteiger partial charge on any atom is 0.230 e. The van der Waals surface area contributed by atoms with Crippen LogP contribution in [0, 0.1) is 11.6 Å². The highest BCUT2D eigenvalue weighted by Crippen LogP contribution is 2.20. The molecule has 0 saturated carbocycles. The molecular formula is C10H11F2NOS. The van der Waals surface area contributed by atoms with Crippen molar-refractivity contribution in [3.63, 3.8) is 0 Å². The smallest absolute Gasteiger partial charge is 0.230 e. The van der Waals surface area contributed by atoms with Crippen LogP contribution in [0.1, 0.15) is 12.5 Å². The summed E-state index contributed by atoms with van der Waals surface area (Å²) in [5.41, 5.74) is 5.28. The summed E-state index contributed by atoms with van der Waals surface area (Å²) in [5.74, 6) is -1.97. The van der Waals surface area contributed by atoms with E-state index in [1.807, 2.05) is 0 Å². The van der Waals surface area contributed by atoms with Crippen LogP contribution in [0.3, 0.4) is 0 Å². The molecule has 2 nitrogen and oxygen atoms in total. The van der Waals surface area contributed by atoms with Crippen LogP contribution in [-0.4, -0.2) is 11.2 Å². The second-order valence-electron chi connectivity index (χ2n) is 3.07. The number of carbonyl (C=O) groups is 1. The molecule has 0 aliphatic carbocycles. The van der Waals surface area contributed by atoms with E-state index in [-0.39, 0.29) is 11.3 Å². The van der Waals surface area contributed by atoms with Crippen molar-refractivity contribution in [1.29, 1.82) is 0 Å². The van der Waals surface area contributed by atoms with Gasteiger partial charge < -0.3 is 5.73 Å². The average Bonchev–Trinajstić information content (AvgIpc) is 2.19. The minimum Gasteiger partial charge on any atom is -0.369 e. The zero-order chi connectivity index (χ0) is 11.4. The Morgan fingerprint density at radius 1 is 1.53 bits per heavy atom. The summed E-state index contributed by atoms with van der Waals surface area (Å²) in [6.45, 7) is 1.63. The van der Waals surface area contributed by atoms with Crippen LogP contribution in [0.15, 0.2) is 18.2 Å². The molecule has 0 aliphatic rings. The molecule has 1 aromatic carbocycles. The SMILES string of the molecule is CC(SCc1cccc(F)c1F)C(N)=O. The summed E-state index contributed by atoms with van der Waals surface area (Å²) < 4.78 is 25.9. The molecule has 0 radical (unpaired) electrons. The lowest BCUT2D eigenvalue weighted by Crippen LogP contribution is -2.22. The Morgan fingerprint density at radius 3 is 2.80 bits per heavy atom. The van der Waals surface area contributed by atoms with E-state index in [1.54, 1.807) is 6.92 Å². The lowest BCUT2D eigenvalue weighted by Gasteiger charge is -2.07. The minimum atomic E-state index is -0.875. The third-order valence-electron chi connectivity index (χ3n) is 1.92. The van der Waals surface area contributed by atoms with E-state index in [4.69, 9.17) is 5.73 Å². The van der Waals surface area contributed by atoms with E-state index in [2.05, 4.69) is 0 Å². The van der Waals surface area contributed by atoms with Gasteiger partial charge in [-0.2, -0.15) is 0 Å². The Bertz CT molecular complexity index is 370. The number of hydrogen-bond donors (Lipinski definition) is 1. The van der Waals surface area contributed by atoms with Gasteiger partial charge in [-0.25, -0.2) is 8.78 Å². The standard InChI is InChI=1S/C10H11F2NOS/c1-6(10(13)14)15-5-7-3-2-4-8(11)9(7)12/h2-4,6H,5H2,1H3,(H2,13,14). The van der Waals surface area contributed by atoms with Crippen molar-refractivity contribution in [3.8, 4) is 0 Å². The normalized spacial score (nSPS) is 12.5. The summed E-state index contributed by atoms with van der Waals surface area (Å²) in [7, 11) is 0. The highest BCUT2D eigenvalue weighted by atomic mass is 32.2. The number of thioether (sulfide) groups is 1. The molecule has 0 heterocycles. The van der Waals surface area contributed by atoms with Gasteiger partial charge in [0.1, 0.15) is 0 Å². The van der Waals surface area contributed by atoms with E-state index in [1.165, 1.54) is 23.9 Å². The molecule has 1 aromatic rings. The second kappa shape index (κ2) is 5.11. The lowest BCUT2D eigenvalue weighted by molar-refractivity contribution is -0.117. The molecule has 0 aromatic heterocycles. The first kappa shape index (κ1) is 12.0. The van der Waals surface area contributed by atoms with E-state index in [9.17, 15) is 13.6 Å². The van der Waals surface area contributed by atoms with Crippen LogP contribution in [0.25, 0.3) is 0 Å². The van der Waals surface area contributed by atoms with Crippen molar-refractivity contribution in [2.75, 3.05) is 0 Å². The molecule has 82 valence electrons. The molecule has 2 N–H and O–H groups in total. The Kier molecular flexibility index (Phi) is 4.08. The first-order chi connectivity index (χ1) is 7.02. The molecule has 5 heteroatoms. The summed E-state index contributed by atoms with van der Waals surface area (Å²) >= 11 is 1.18. The summed E-state index contributed by atoms with van der Waals surface area (Å²) in [4.78, 5) is 10.7. The van der Waals surface area contributed by atoms with Crippen LogP contribution >= 0.6 is 11.8 Å². The second-order valence-corrected chi connectivity index (χ2v) is 4.40. The maximum atomic E-state index is 13.1. The zero-order valence-corrected chi connectivity index (χ0v) is 8.98. The van der Waals surface area contributed by atoms with Gasteiger partial charge in [-0.1, -0.05) is 12.1 Å². The monoisotopic (exact) mass is 231 g/mol. The fourth-order valence-corrected chi connectivity index (χ4v) is 1.77. The van der Waals surface area contributed by atoms with Gasteiger partial charge in [0.15, 0.2) is 11.6 Å². The van der Waals surface area contributed by atoms with Gasteiger partial charge in [-0.3, -0.25) is 4.79 Å². The number of carbonyl (C=O) groups excluding carboxylic acids is 1. The number of amides is 1. The third-order valence-corrected chi connectivity index (χ3v) is 3.13. The molecular weight excluding hydrogens is 220 g/mol. The Hall–Kier alpha value is -1.10. The fraction of sp³-hybridized carbons (Fsp3) is 0.300. The van der Waals surface area contributed by atoms with E-state index in [0.29, 0.717) is 0 Å². The lowest BCUT2D eigenvalue weighted by atomic mass is 10.2. The Balaban J connectivity index is 2.66. The number of nitrogens with two attached hydrogens (primary N) is 1. The van der Waals surface area contributed by atoms with Crippen molar-refractivity contribution in [1.82, 2.24) is 0 Å². The molecule has 0 bridgehead atoms. The van der Waals surface area contributed by atoms with Gasteiger partial charge in [-0.05, 0) is 13.0 Å². The predicted octanol–water partition coefficient (Wildman–Crippen LogP) is 2.07. The van der Waals surface area contributed by atoms with Crippen LogP contribution in [0.2, 0.25) is 0 Å². The topological polar surface area (TPSA) is 43.1 Å². The molecule has 0 aliphatic heterocycles. The predicted molar refractivity (Wildman–Crippen MR) is 56.3 cm³/mol. The van der Waals surface area contributed by atoms with Crippen molar-refractivity contribution in [2.45, 2.75) is 17.9 Å². The zero-order valence-electron chi connectivity index (χ0n) is 8.17. The number of primary amides is 1. The quantitative estimate of drug-likeness (QED) is 0.862. The largest absolute Gasteiger partial charge is 0.369 e. The van der Waals surface area contributed by atoms with Crippen LogP contribution < -0.4 is 5.73 Å². The number of halogens is 2. The molecule has 0 spiro atoms. The Morgan fingerprint density at radius 2 is 2.20 bits per heavy atom. The van der Waals surface area contributed by atoms with Crippen LogP contribution in [0.5, 0.6) is 0 Å². The first-order valence-corrected chi connectivity index (χ1v) is 5.41. The summed E-state index contributed by atoms with van der Waals surface area (Å²) in [6, 6.07) is 3.98. The summed E-state index contributed by atoms with van der Waals surface area (Å²) in [5, 5.41) is -0.410. The van der Waals surface area contributed by atoms with E-state index >= 15 is 0 Å². The highest BCUT2D eigenvalue weighted by molar-refractivity contribution is 7.99. The molecule has 0 saturated heterocycles. The molecule has 0 fully saturated rings. The molecule has 15 heavy (non-hydrogen) atoms. The van der Waals surface area contributed by atoms with Gasteiger partial charge >= 0.3 is 0 Å². The maximum absolute atomic E-state index is 13.1. The van der Waals surface area contributed by atoms with Crippen molar-refractivity contribution in [3.05, 3.63) is 35.4 Å².